The fourth-order valence-corrected chi connectivity index (χ4v) is 5.44. The van der Waals surface area contributed by atoms with Crippen molar-refractivity contribution in [2.24, 2.45) is 0 Å². The molecule has 2 aromatic rings. The number of hydrogen-bond donors (Lipinski definition) is 0. The maximum absolute atomic E-state index is 13.7. The van der Waals surface area contributed by atoms with E-state index in [2.05, 4.69) is 10.00 Å². The Hall–Kier alpha value is -2.10. The van der Waals surface area contributed by atoms with Gasteiger partial charge >= 0.3 is 6.18 Å². The largest absolute Gasteiger partial charge is 0.433 e. The zero-order valence-corrected chi connectivity index (χ0v) is 19.8. The van der Waals surface area contributed by atoms with E-state index in [1.807, 2.05) is 25.1 Å². The molecule has 1 aromatic heterocycles. The number of carbonyl (C=O) groups excluding carboxylic acids is 1. The summed E-state index contributed by atoms with van der Waals surface area (Å²) in [4.78, 5) is 17.5. The molecule has 2 aliphatic heterocycles. The highest BCUT2D eigenvalue weighted by molar-refractivity contribution is 6.32. The minimum absolute atomic E-state index is 0.0221. The summed E-state index contributed by atoms with van der Waals surface area (Å²) in [6.45, 7) is 4.64. The van der Waals surface area contributed by atoms with Crippen molar-refractivity contribution in [3.05, 3.63) is 51.8 Å². The van der Waals surface area contributed by atoms with Crippen molar-refractivity contribution in [3.8, 4) is 0 Å². The van der Waals surface area contributed by atoms with E-state index in [4.69, 9.17) is 16.3 Å². The van der Waals surface area contributed by atoms with Crippen LogP contribution >= 0.6 is 11.6 Å². The molecule has 1 aliphatic carbocycles. The summed E-state index contributed by atoms with van der Waals surface area (Å²) < 4.78 is 47.4. The quantitative estimate of drug-likeness (QED) is 0.615. The van der Waals surface area contributed by atoms with E-state index >= 15 is 0 Å². The number of carbonyl (C=O) groups is 1. The summed E-state index contributed by atoms with van der Waals surface area (Å²) in [5, 5.41) is 4.78. The number of halogens is 4. The van der Waals surface area contributed by atoms with Gasteiger partial charge in [-0.25, -0.2) is 0 Å². The predicted molar refractivity (Wildman–Crippen MR) is 121 cm³/mol. The third-order valence-corrected chi connectivity index (χ3v) is 7.63. The predicted octanol–water partition coefficient (Wildman–Crippen LogP) is 4.42. The van der Waals surface area contributed by atoms with Crippen LogP contribution in [0.3, 0.4) is 0 Å². The van der Waals surface area contributed by atoms with E-state index in [-0.39, 0.29) is 23.9 Å². The first-order valence-electron chi connectivity index (χ1n) is 11.7. The molecule has 34 heavy (non-hydrogen) atoms. The Balaban J connectivity index is 1.46. The molecule has 0 bridgehead atoms. The van der Waals surface area contributed by atoms with Crippen LogP contribution in [0.1, 0.15) is 53.7 Å². The molecule has 2 atom stereocenters. The molecule has 1 saturated carbocycles. The van der Waals surface area contributed by atoms with Crippen molar-refractivity contribution < 1.29 is 22.7 Å². The van der Waals surface area contributed by atoms with Gasteiger partial charge in [0.1, 0.15) is 12.2 Å². The molecule has 10 heteroatoms. The van der Waals surface area contributed by atoms with Gasteiger partial charge in [0.05, 0.1) is 24.9 Å². The molecule has 2 saturated heterocycles. The highest BCUT2D eigenvalue weighted by Crippen LogP contribution is 2.43. The maximum Gasteiger partial charge on any atom is 0.433 e. The molecule has 0 spiro atoms. The maximum atomic E-state index is 13.7. The normalized spacial score (nSPS) is 24.1. The van der Waals surface area contributed by atoms with Crippen molar-refractivity contribution >= 4 is 17.5 Å². The van der Waals surface area contributed by atoms with Crippen LogP contribution in [-0.4, -0.2) is 64.4 Å². The van der Waals surface area contributed by atoms with Crippen LogP contribution in [0.5, 0.6) is 0 Å². The molecule has 184 valence electrons. The third-order valence-electron chi connectivity index (χ3n) is 7.11. The minimum atomic E-state index is -4.57. The summed E-state index contributed by atoms with van der Waals surface area (Å²) in [6, 6.07) is 6.51. The molecule has 1 aromatic carbocycles. The van der Waals surface area contributed by atoms with Crippen LogP contribution in [0.2, 0.25) is 5.02 Å². The molecular formula is C24H28ClF3N4O2. The number of nitrogens with zero attached hydrogens (tertiary/aromatic N) is 4. The molecule has 3 fully saturated rings. The van der Waals surface area contributed by atoms with E-state index in [1.165, 1.54) is 0 Å². The smallest absolute Gasteiger partial charge is 0.379 e. The van der Waals surface area contributed by atoms with Crippen LogP contribution in [0.15, 0.2) is 24.3 Å². The van der Waals surface area contributed by atoms with Gasteiger partial charge in [0, 0.05) is 36.6 Å². The number of ether oxygens (including phenoxy) is 1. The lowest BCUT2D eigenvalue weighted by Crippen LogP contribution is -2.47. The van der Waals surface area contributed by atoms with Gasteiger partial charge in [-0.2, -0.15) is 18.3 Å². The number of benzene rings is 1. The summed E-state index contributed by atoms with van der Waals surface area (Å²) in [7, 11) is 0. The fourth-order valence-electron chi connectivity index (χ4n) is 5.20. The van der Waals surface area contributed by atoms with Crippen LogP contribution in [-0.2, 0) is 22.3 Å². The second-order valence-corrected chi connectivity index (χ2v) is 9.78. The number of likely N-dealkylation sites (tertiary alicyclic amines) is 1. The van der Waals surface area contributed by atoms with E-state index < -0.39 is 18.4 Å². The van der Waals surface area contributed by atoms with Gasteiger partial charge in [-0.15, -0.1) is 0 Å². The molecular weight excluding hydrogens is 469 g/mol. The topological polar surface area (TPSA) is 50.6 Å². The lowest BCUT2D eigenvalue weighted by Gasteiger charge is -2.38. The molecule has 3 heterocycles. The second kappa shape index (κ2) is 9.17. The first-order chi connectivity index (χ1) is 16.2. The molecule has 5 rings (SSSR count). The average Bonchev–Trinajstić information content (AvgIpc) is 3.41. The van der Waals surface area contributed by atoms with Crippen molar-refractivity contribution in [1.29, 1.82) is 0 Å². The Morgan fingerprint density at radius 1 is 1.18 bits per heavy atom. The SMILES string of the molecule is Cc1cccc([C@H]2[C@@H](N3CCOCC3)CCN2C(=O)Cn2nc(C3CC3)cc2C(F)(F)F)c1Cl. The van der Waals surface area contributed by atoms with Crippen LogP contribution in [0, 0.1) is 6.92 Å². The van der Waals surface area contributed by atoms with E-state index in [0.717, 1.165) is 54.2 Å². The minimum Gasteiger partial charge on any atom is -0.379 e. The summed E-state index contributed by atoms with van der Waals surface area (Å²) in [5.41, 5.74) is 1.29. The zero-order valence-electron chi connectivity index (χ0n) is 19.0. The number of amides is 1. The van der Waals surface area contributed by atoms with Gasteiger partial charge in [-0.1, -0.05) is 29.8 Å². The molecule has 0 radical (unpaired) electrons. The van der Waals surface area contributed by atoms with Crippen LogP contribution in [0.25, 0.3) is 0 Å². The lowest BCUT2D eigenvalue weighted by atomic mass is 9.96. The van der Waals surface area contributed by atoms with E-state index in [9.17, 15) is 18.0 Å². The number of morpholine rings is 1. The number of rotatable bonds is 5. The Bertz CT molecular complexity index is 1060. The molecule has 6 nitrogen and oxygen atoms in total. The Kier molecular flexibility index (Phi) is 6.37. The molecule has 3 aliphatic rings. The van der Waals surface area contributed by atoms with Gasteiger partial charge in [0.2, 0.25) is 5.91 Å². The highest BCUT2D eigenvalue weighted by atomic mass is 35.5. The van der Waals surface area contributed by atoms with Crippen molar-refractivity contribution in [2.75, 3.05) is 32.8 Å². The van der Waals surface area contributed by atoms with Crippen molar-refractivity contribution in [1.82, 2.24) is 19.6 Å². The number of aromatic nitrogens is 2. The lowest BCUT2D eigenvalue weighted by molar-refractivity contribution is -0.146. The van der Waals surface area contributed by atoms with Gasteiger partial charge in [-0.3, -0.25) is 14.4 Å². The highest BCUT2D eigenvalue weighted by Gasteiger charge is 2.44. The van der Waals surface area contributed by atoms with Gasteiger partial charge in [0.25, 0.3) is 0 Å². The number of hydrogen-bond acceptors (Lipinski definition) is 4. The first kappa shape index (κ1) is 23.6. The Morgan fingerprint density at radius 2 is 1.91 bits per heavy atom. The Morgan fingerprint density at radius 3 is 2.59 bits per heavy atom. The first-order valence-corrected chi connectivity index (χ1v) is 12.1. The van der Waals surface area contributed by atoms with Gasteiger partial charge in [-0.05, 0) is 43.4 Å². The van der Waals surface area contributed by atoms with Crippen LogP contribution < -0.4 is 0 Å². The number of alkyl halides is 3. The number of aryl methyl sites for hydroxylation is 1. The standard InChI is InChI=1S/C24H28ClF3N4O2/c1-15-3-2-4-17(22(15)25)23-19(30-9-11-34-12-10-30)7-8-31(23)21(33)14-32-20(24(26,27)28)13-18(29-32)16-5-6-16/h2-4,13,16,19,23H,5-12,14H2,1H3/t19-,23-/m0/s1. The second-order valence-electron chi connectivity index (χ2n) is 9.40. The summed E-state index contributed by atoms with van der Waals surface area (Å²) in [6.07, 6.45) is -2.17. The van der Waals surface area contributed by atoms with E-state index in [1.54, 1.807) is 4.90 Å². The van der Waals surface area contributed by atoms with Gasteiger partial charge in [0.15, 0.2) is 0 Å². The average molecular weight is 497 g/mol. The molecule has 1 amide bonds. The third kappa shape index (κ3) is 4.57. The monoisotopic (exact) mass is 496 g/mol. The van der Waals surface area contributed by atoms with Crippen molar-refractivity contribution in [2.45, 2.75) is 56.9 Å². The zero-order chi connectivity index (χ0) is 24.0. The fraction of sp³-hybridized carbons (Fsp3) is 0.583. The molecule has 0 N–H and O–H groups in total. The summed E-state index contributed by atoms with van der Waals surface area (Å²) in [5.74, 6) is -0.317. The Labute approximate surface area is 201 Å². The van der Waals surface area contributed by atoms with E-state index in [0.29, 0.717) is 30.5 Å². The van der Waals surface area contributed by atoms with Gasteiger partial charge < -0.3 is 9.64 Å². The van der Waals surface area contributed by atoms with Crippen LogP contribution in [0.4, 0.5) is 13.2 Å². The summed E-state index contributed by atoms with van der Waals surface area (Å²) >= 11 is 6.69. The molecule has 0 unspecified atom stereocenters. The van der Waals surface area contributed by atoms with Crippen molar-refractivity contribution in [3.63, 3.8) is 0 Å².